The number of carboxylic acid groups (broad SMARTS) is 1. The lowest BCUT2D eigenvalue weighted by Gasteiger charge is -2.24. The quantitative estimate of drug-likeness (QED) is 0.837. The molecular formula is C15H16Cl2N2O4. The molecule has 0 spiro atoms. The standard InChI is InChI=1S/C15H16Cl2N2O4/c1-8(15(22)23)18(2)13(20)10-5-6-19(14(10)21)12-7-9(16)3-4-11(12)17/h3-4,7-8,10H,5-6H2,1-2H3,(H,22,23). The van der Waals surface area contributed by atoms with Crippen molar-refractivity contribution in [3.05, 3.63) is 28.2 Å². The largest absolute Gasteiger partial charge is 0.480 e. The van der Waals surface area contributed by atoms with Crippen LogP contribution < -0.4 is 4.90 Å². The molecule has 1 fully saturated rings. The Bertz CT molecular complexity index is 665. The van der Waals surface area contributed by atoms with Gasteiger partial charge in [-0.3, -0.25) is 9.59 Å². The fourth-order valence-electron chi connectivity index (χ4n) is 2.44. The summed E-state index contributed by atoms with van der Waals surface area (Å²) in [6.07, 6.45) is 0.303. The Morgan fingerprint density at radius 1 is 1.39 bits per heavy atom. The molecule has 1 heterocycles. The van der Waals surface area contributed by atoms with Crippen LogP contribution in [-0.4, -0.2) is 47.4 Å². The third-order valence-electron chi connectivity index (χ3n) is 3.99. The van der Waals surface area contributed by atoms with Crippen LogP contribution in [0.2, 0.25) is 10.0 Å². The minimum absolute atomic E-state index is 0.303. The number of hydrogen-bond donors (Lipinski definition) is 1. The number of benzene rings is 1. The van der Waals surface area contributed by atoms with Crippen molar-refractivity contribution in [1.29, 1.82) is 0 Å². The van der Waals surface area contributed by atoms with Gasteiger partial charge >= 0.3 is 5.97 Å². The number of nitrogens with zero attached hydrogens (tertiary/aromatic N) is 2. The lowest BCUT2D eigenvalue weighted by molar-refractivity contribution is -0.151. The second-order valence-electron chi connectivity index (χ2n) is 5.39. The van der Waals surface area contributed by atoms with Crippen LogP contribution in [0.5, 0.6) is 0 Å². The Labute approximate surface area is 143 Å². The van der Waals surface area contributed by atoms with E-state index in [2.05, 4.69) is 0 Å². The number of amides is 2. The predicted octanol–water partition coefficient (Wildman–Crippen LogP) is 2.28. The summed E-state index contributed by atoms with van der Waals surface area (Å²) in [5.41, 5.74) is 0.452. The van der Waals surface area contributed by atoms with Gasteiger partial charge in [0.05, 0.1) is 10.7 Å². The van der Waals surface area contributed by atoms with E-state index in [9.17, 15) is 14.4 Å². The van der Waals surface area contributed by atoms with E-state index in [0.717, 1.165) is 4.90 Å². The van der Waals surface area contributed by atoms with Crippen molar-refractivity contribution >= 4 is 46.7 Å². The van der Waals surface area contributed by atoms with Crippen molar-refractivity contribution in [3.63, 3.8) is 0 Å². The van der Waals surface area contributed by atoms with E-state index >= 15 is 0 Å². The molecule has 0 saturated carbocycles. The van der Waals surface area contributed by atoms with Gasteiger partial charge in [-0.1, -0.05) is 23.2 Å². The maximum absolute atomic E-state index is 12.5. The van der Waals surface area contributed by atoms with Crippen LogP contribution >= 0.6 is 23.2 Å². The first-order chi connectivity index (χ1) is 10.7. The van der Waals surface area contributed by atoms with Gasteiger partial charge in [0, 0.05) is 18.6 Å². The maximum atomic E-state index is 12.5. The molecule has 2 unspecified atom stereocenters. The Morgan fingerprint density at radius 2 is 2.04 bits per heavy atom. The van der Waals surface area contributed by atoms with Gasteiger partial charge in [-0.15, -0.1) is 0 Å². The molecule has 1 aliphatic rings. The minimum Gasteiger partial charge on any atom is -0.480 e. The second-order valence-corrected chi connectivity index (χ2v) is 6.23. The Kier molecular flexibility index (Phi) is 5.16. The highest BCUT2D eigenvalue weighted by molar-refractivity contribution is 6.36. The van der Waals surface area contributed by atoms with E-state index in [1.165, 1.54) is 18.9 Å². The van der Waals surface area contributed by atoms with E-state index in [-0.39, 0.29) is 0 Å². The van der Waals surface area contributed by atoms with Crippen molar-refractivity contribution < 1.29 is 19.5 Å². The van der Waals surface area contributed by atoms with Gasteiger partial charge in [0.15, 0.2) is 0 Å². The Hall–Kier alpha value is -1.79. The van der Waals surface area contributed by atoms with E-state index in [0.29, 0.717) is 28.7 Å². The van der Waals surface area contributed by atoms with E-state index in [1.54, 1.807) is 18.2 Å². The number of carboxylic acids is 1. The van der Waals surface area contributed by atoms with Gasteiger partial charge in [-0.25, -0.2) is 4.79 Å². The second kappa shape index (κ2) is 6.76. The number of carbonyl (C=O) groups is 3. The molecule has 1 aromatic rings. The molecule has 1 aromatic carbocycles. The third-order valence-corrected chi connectivity index (χ3v) is 4.54. The molecule has 0 radical (unpaired) electrons. The maximum Gasteiger partial charge on any atom is 0.326 e. The van der Waals surface area contributed by atoms with Crippen molar-refractivity contribution in [2.45, 2.75) is 19.4 Å². The highest BCUT2D eigenvalue weighted by Gasteiger charge is 2.41. The number of carbonyl (C=O) groups excluding carboxylic acids is 2. The fraction of sp³-hybridized carbons (Fsp3) is 0.400. The highest BCUT2D eigenvalue weighted by Crippen LogP contribution is 2.34. The molecule has 2 atom stereocenters. The molecule has 2 amide bonds. The topological polar surface area (TPSA) is 77.9 Å². The van der Waals surface area contributed by atoms with Crippen molar-refractivity contribution in [1.82, 2.24) is 4.90 Å². The number of rotatable bonds is 4. The summed E-state index contributed by atoms with van der Waals surface area (Å²) in [5.74, 6) is -2.94. The zero-order valence-corrected chi connectivity index (χ0v) is 14.1. The molecule has 1 N–H and O–H groups in total. The van der Waals surface area contributed by atoms with Gasteiger partial charge in [-0.2, -0.15) is 0 Å². The van der Waals surface area contributed by atoms with Crippen LogP contribution in [0.4, 0.5) is 5.69 Å². The number of aliphatic carboxylic acids is 1. The summed E-state index contributed by atoms with van der Waals surface area (Å²) in [6.45, 7) is 1.72. The van der Waals surface area contributed by atoms with Crippen LogP contribution in [0.3, 0.4) is 0 Å². The summed E-state index contributed by atoms with van der Waals surface area (Å²) in [7, 11) is 1.38. The van der Waals surface area contributed by atoms with Gasteiger partial charge < -0.3 is 14.9 Å². The molecule has 1 aliphatic heterocycles. The van der Waals surface area contributed by atoms with Crippen molar-refractivity contribution in [3.8, 4) is 0 Å². The van der Waals surface area contributed by atoms with Gasteiger partial charge in [0.25, 0.3) is 0 Å². The fourth-order valence-corrected chi connectivity index (χ4v) is 2.83. The highest BCUT2D eigenvalue weighted by atomic mass is 35.5. The zero-order chi connectivity index (χ0) is 17.3. The van der Waals surface area contributed by atoms with Crippen LogP contribution in [0.1, 0.15) is 13.3 Å². The molecule has 2 rings (SSSR count). The molecular weight excluding hydrogens is 343 g/mol. The molecule has 6 nitrogen and oxygen atoms in total. The smallest absolute Gasteiger partial charge is 0.326 e. The molecule has 0 aliphatic carbocycles. The number of anilines is 1. The lowest BCUT2D eigenvalue weighted by atomic mass is 10.1. The average Bonchev–Trinajstić information content (AvgIpc) is 2.88. The monoisotopic (exact) mass is 358 g/mol. The van der Waals surface area contributed by atoms with E-state index < -0.39 is 29.7 Å². The summed E-state index contributed by atoms with van der Waals surface area (Å²) < 4.78 is 0. The predicted molar refractivity (Wildman–Crippen MR) is 86.8 cm³/mol. The van der Waals surface area contributed by atoms with E-state index in [1.807, 2.05) is 0 Å². The first-order valence-corrected chi connectivity index (χ1v) is 7.75. The lowest BCUT2D eigenvalue weighted by Crippen LogP contribution is -2.45. The Balaban J connectivity index is 2.20. The Morgan fingerprint density at radius 3 is 2.65 bits per heavy atom. The molecule has 0 bridgehead atoms. The SMILES string of the molecule is CC(C(=O)O)N(C)C(=O)C1CCN(c2cc(Cl)ccc2Cl)C1=O. The normalized spacial score (nSPS) is 18.9. The summed E-state index contributed by atoms with van der Waals surface area (Å²) in [4.78, 5) is 38.4. The molecule has 0 aromatic heterocycles. The summed E-state index contributed by atoms with van der Waals surface area (Å²) in [5, 5.41) is 9.78. The van der Waals surface area contributed by atoms with Crippen molar-refractivity contribution in [2.75, 3.05) is 18.5 Å². The number of hydrogen-bond acceptors (Lipinski definition) is 3. The first kappa shape index (κ1) is 17.6. The third kappa shape index (κ3) is 3.43. The summed E-state index contributed by atoms with van der Waals surface area (Å²) >= 11 is 12.0. The van der Waals surface area contributed by atoms with Crippen LogP contribution in [0.15, 0.2) is 18.2 Å². The number of halogens is 2. The van der Waals surface area contributed by atoms with E-state index in [4.69, 9.17) is 28.3 Å². The molecule has 1 saturated heterocycles. The van der Waals surface area contributed by atoms with Crippen molar-refractivity contribution in [2.24, 2.45) is 5.92 Å². The van der Waals surface area contributed by atoms with Crippen LogP contribution in [0, 0.1) is 5.92 Å². The van der Waals surface area contributed by atoms with Crippen LogP contribution in [-0.2, 0) is 14.4 Å². The first-order valence-electron chi connectivity index (χ1n) is 7.00. The van der Waals surface area contributed by atoms with Crippen LogP contribution in [0.25, 0.3) is 0 Å². The number of likely N-dealkylation sites (N-methyl/N-ethyl adjacent to an activating group) is 1. The average molecular weight is 359 g/mol. The molecule has 8 heteroatoms. The molecule has 23 heavy (non-hydrogen) atoms. The minimum atomic E-state index is -1.12. The zero-order valence-electron chi connectivity index (χ0n) is 12.6. The summed E-state index contributed by atoms with van der Waals surface area (Å²) in [6, 6.07) is 3.76. The van der Waals surface area contributed by atoms with Gasteiger partial charge in [-0.05, 0) is 31.5 Å². The van der Waals surface area contributed by atoms with Gasteiger partial charge in [0.1, 0.15) is 12.0 Å². The van der Waals surface area contributed by atoms with Gasteiger partial charge in [0.2, 0.25) is 11.8 Å². The molecule has 124 valence electrons.